The number of alkyl halides is 1. The Balaban J connectivity index is 2.48. The van der Waals surface area contributed by atoms with Crippen LogP contribution in [0.3, 0.4) is 0 Å². The van der Waals surface area contributed by atoms with Crippen LogP contribution in [0, 0.1) is 12.3 Å². The first kappa shape index (κ1) is 12.0. The summed E-state index contributed by atoms with van der Waals surface area (Å²) < 4.78 is 14.6. The summed E-state index contributed by atoms with van der Waals surface area (Å²) in [6.07, 6.45) is -0.258. The molecule has 6 nitrogen and oxygen atoms in total. The fraction of sp³-hybridized carbons (Fsp3) is 0.600. The van der Waals surface area contributed by atoms with Crippen LogP contribution in [0.4, 0.5) is 4.39 Å². The predicted molar refractivity (Wildman–Crippen MR) is 56.6 cm³/mol. The Bertz CT molecular complexity index is 546. The number of aliphatic hydroxyl groups excluding tert-OH is 2. The van der Waals surface area contributed by atoms with E-state index in [9.17, 15) is 14.0 Å². The van der Waals surface area contributed by atoms with E-state index in [1.165, 1.54) is 13.1 Å². The number of hydrogen-bond donors (Lipinski definition) is 3. The summed E-state index contributed by atoms with van der Waals surface area (Å²) in [5.41, 5.74) is -2.32. The lowest BCUT2D eigenvalue weighted by atomic mass is 10.1. The highest BCUT2D eigenvalue weighted by molar-refractivity contribution is 5.17. The Morgan fingerprint density at radius 1 is 1.47 bits per heavy atom. The highest BCUT2D eigenvalue weighted by Crippen LogP contribution is 2.57. The normalized spacial score (nSPS) is 25.9. The van der Waals surface area contributed by atoms with E-state index < -0.39 is 42.1 Å². The number of H-pyrrole nitrogens is 1. The molecule has 0 spiro atoms. The summed E-state index contributed by atoms with van der Waals surface area (Å²) in [5, 5.41) is 18.2. The fourth-order valence-electron chi connectivity index (χ4n) is 2.04. The molecule has 1 fully saturated rings. The van der Waals surface area contributed by atoms with Gasteiger partial charge in [-0.1, -0.05) is 0 Å². The van der Waals surface area contributed by atoms with Gasteiger partial charge in [-0.3, -0.25) is 14.3 Å². The van der Waals surface area contributed by atoms with E-state index in [4.69, 9.17) is 10.2 Å². The Morgan fingerprint density at radius 3 is 2.53 bits per heavy atom. The highest BCUT2D eigenvalue weighted by atomic mass is 19.1. The predicted octanol–water partition coefficient (Wildman–Crippen LogP) is -1.29. The lowest BCUT2D eigenvalue weighted by Gasteiger charge is -2.10. The summed E-state index contributed by atoms with van der Waals surface area (Å²) >= 11 is 0. The van der Waals surface area contributed by atoms with Gasteiger partial charge in [-0.25, -0.2) is 9.18 Å². The van der Waals surface area contributed by atoms with Gasteiger partial charge in [0.25, 0.3) is 5.56 Å². The van der Waals surface area contributed by atoms with Crippen LogP contribution in [0.5, 0.6) is 0 Å². The molecule has 0 bridgehead atoms. The van der Waals surface area contributed by atoms with E-state index in [1.807, 2.05) is 0 Å². The molecule has 0 aliphatic heterocycles. The average molecular weight is 244 g/mol. The molecule has 0 radical (unpaired) electrons. The molecule has 3 N–H and O–H groups in total. The van der Waals surface area contributed by atoms with E-state index in [2.05, 4.69) is 4.98 Å². The van der Waals surface area contributed by atoms with Gasteiger partial charge < -0.3 is 10.2 Å². The molecule has 1 aromatic rings. The van der Waals surface area contributed by atoms with Crippen molar-refractivity contribution >= 4 is 0 Å². The molecule has 1 saturated carbocycles. The van der Waals surface area contributed by atoms with Crippen molar-refractivity contribution in [2.24, 2.45) is 5.41 Å². The van der Waals surface area contributed by atoms with Crippen LogP contribution in [0.1, 0.15) is 11.6 Å². The second-order valence-corrected chi connectivity index (χ2v) is 4.37. The van der Waals surface area contributed by atoms with E-state index in [0.29, 0.717) is 0 Å². The molecule has 94 valence electrons. The number of nitrogens with one attached hydrogen (secondary N) is 1. The van der Waals surface area contributed by atoms with E-state index in [-0.39, 0.29) is 5.56 Å². The van der Waals surface area contributed by atoms with Crippen LogP contribution in [0.2, 0.25) is 0 Å². The van der Waals surface area contributed by atoms with Crippen LogP contribution >= 0.6 is 0 Å². The maximum atomic E-state index is 13.6. The number of aryl methyl sites for hydroxylation is 1. The average Bonchev–Trinajstić information content (AvgIpc) is 2.89. The summed E-state index contributed by atoms with van der Waals surface area (Å²) in [7, 11) is 0. The fourth-order valence-corrected chi connectivity index (χ4v) is 2.04. The highest BCUT2D eigenvalue weighted by Gasteiger charge is 2.67. The van der Waals surface area contributed by atoms with E-state index >= 15 is 0 Å². The van der Waals surface area contributed by atoms with Crippen LogP contribution < -0.4 is 11.2 Å². The summed E-state index contributed by atoms with van der Waals surface area (Å²) in [5.74, 6) is 0. The third-order valence-electron chi connectivity index (χ3n) is 3.34. The Kier molecular flexibility index (Phi) is 2.67. The van der Waals surface area contributed by atoms with Gasteiger partial charge in [0.15, 0.2) is 0 Å². The quantitative estimate of drug-likeness (QED) is 0.616. The van der Waals surface area contributed by atoms with Crippen molar-refractivity contribution in [3.8, 4) is 0 Å². The molecule has 0 aromatic carbocycles. The third-order valence-corrected chi connectivity index (χ3v) is 3.34. The van der Waals surface area contributed by atoms with Gasteiger partial charge in [0, 0.05) is 11.8 Å². The van der Waals surface area contributed by atoms with Gasteiger partial charge in [-0.2, -0.15) is 0 Å². The first-order valence-corrected chi connectivity index (χ1v) is 5.16. The third kappa shape index (κ3) is 1.54. The number of halogens is 1. The van der Waals surface area contributed by atoms with E-state index in [1.54, 1.807) is 0 Å². The summed E-state index contributed by atoms with van der Waals surface area (Å²) in [6.45, 7) is 0.379. The standard InChI is InChI=1S/C10H13FN2O4/c1-5-2-13(9(17)12-8(5)16)7-6(11)10(7,3-14)4-15/h2,6-7,14-15H,3-4H2,1H3,(H,12,16,17). The maximum absolute atomic E-state index is 13.6. The molecule has 2 unspecified atom stereocenters. The molecule has 1 aromatic heterocycles. The number of aliphatic hydroxyl groups is 2. The monoisotopic (exact) mass is 244 g/mol. The Hall–Kier alpha value is -1.47. The van der Waals surface area contributed by atoms with Crippen molar-refractivity contribution in [2.45, 2.75) is 19.1 Å². The van der Waals surface area contributed by atoms with Crippen molar-refractivity contribution in [1.29, 1.82) is 0 Å². The smallest absolute Gasteiger partial charge is 0.328 e. The molecule has 0 amide bonds. The van der Waals surface area contributed by atoms with Gasteiger partial charge in [-0.15, -0.1) is 0 Å². The zero-order chi connectivity index (χ0) is 12.8. The van der Waals surface area contributed by atoms with Crippen LogP contribution in [0.15, 0.2) is 15.8 Å². The lowest BCUT2D eigenvalue weighted by Crippen LogP contribution is -2.32. The minimum absolute atomic E-state index is 0.272. The molecule has 2 atom stereocenters. The summed E-state index contributed by atoms with van der Waals surface area (Å²) in [4.78, 5) is 24.7. The number of rotatable bonds is 3. The van der Waals surface area contributed by atoms with Crippen LogP contribution in [0.25, 0.3) is 0 Å². The largest absolute Gasteiger partial charge is 0.396 e. The zero-order valence-electron chi connectivity index (χ0n) is 9.18. The van der Waals surface area contributed by atoms with Gasteiger partial charge in [0.1, 0.15) is 6.17 Å². The number of aromatic nitrogens is 2. The van der Waals surface area contributed by atoms with Crippen molar-refractivity contribution in [3.05, 3.63) is 32.6 Å². The second kappa shape index (κ2) is 3.78. The lowest BCUT2D eigenvalue weighted by molar-refractivity contribution is 0.106. The van der Waals surface area contributed by atoms with Crippen LogP contribution in [-0.2, 0) is 0 Å². The number of aromatic amines is 1. The van der Waals surface area contributed by atoms with Crippen molar-refractivity contribution < 1.29 is 14.6 Å². The van der Waals surface area contributed by atoms with E-state index in [0.717, 1.165) is 4.57 Å². The van der Waals surface area contributed by atoms with Crippen molar-refractivity contribution in [3.63, 3.8) is 0 Å². The maximum Gasteiger partial charge on any atom is 0.328 e. The molecule has 1 aliphatic rings. The topological polar surface area (TPSA) is 95.3 Å². The molecular formula is C10H13FN2O4. The molecule has 1 aliphatic carbocycles. The molecule has 17 heavy (non-hydrogen) atoms. The SMILES string of the molecule is Cc1cn(C2C(F)C2(CO)CO)c(=O)[nH]c1=O. The van der Waals surface area contributed by atoms with Gasteiger partial charge in [0.2, 0.25) is 0 Å². The van der Waals surface area contributed by atoms with Gasteiger partial charge >= 0.3 is 5.69 Å². The summed E-state index contributed by atoms with van der Waals surface area (Å²) in [6, 6.07) is -0.930. The molecule has 2 rings (SSSR count). The minimum Gasteiger partial charge on any atom is -0.396 e. The van der Waals surface area contributed by atoms with Gasteiger partial charge in [-0.05, 0) is 6.92 Å². The Labute approximate surface area is 95.3 Å². The van der Waals surface area contributed by atoms with Gasteiger partial charge in [0.05, 0.1) is 24.7 Å². The number of nitrogens with zero attached hydrogens (tertiary/aromatic N) is 1. The molecule has 0 saturated heterocycles. The van der Waals surface area contributed by atoms with Crippen molar-refractivity contribution in [2.75, 3.05) is 13.2 Å². The zero-order valence-corrected chi connectivity index (χ0v) is 9.18. The van der Waals surface area contributed by atoms with Crippen LogP contribution in [-0.4, -0.2) is 39.1 Å². The number of hydrogen-bond acceptors (Lipinski definition) is 4. The second-order valence-electron chi connectivity index (χ2n) is 4.37. The minimum atomic E-state index is -1.50. The first-order valence-electron chi connectivity index (χ1n) is 5.16. The first-order chi connectivity index (χ1) is 7.97. The molecular weight excluding hydrogens is 231 g/mol. The van der Waals surface area contributed by atoms with Crippen molar-refractivity contribution in [1.82, 2.24) is 9.55 Å². The molecule has 1 heterocycles. The Morgan fingerprint density at radius 2 is 2.06 bits per heavy atom. The molecule has 7 heteroatoms.